The van der Waals surface area contributed by atoms with Gasteiger partial charge < -0.3 is 0 Å². The molecule has 0 unspecified atom stereocenters. The summed E-state index contributed by atoms with van der Waals surface area (Å²) in [6, 6.07) is 50.9. The number of ketones is 6. The van der Waals surface area contributed by atoms with E-state index in [2.05, 4.69) is 30.0 Å². The highest BCUT2D eigenvalue weighted by molar-refractivity contribution is 6.03. The molecule has 100 heavy (non-hydrogen) atoms. The van der Waals surface area contributed by atoms with Gasteiger partial charge in [0.1, 0.15) is 30.2 Å². The molecule has 0 amide bonds. The van der Waals surface area contributed by atoms with Crippen LogP contribution < -0.4 is 0 Å². The second-order valence-corrected chi connectivity index (χ2v) is 26.0. The third-order valence-corrected chi connectivity index (χ3v) is 17.9. The molecular weight excluding hydrogens is 1260 g/mol. The highest BCUT2D eigenvalue weighted by atomic mass is 16.2. The van der Waals surface area contributed by atoms with Crippen molar-refractivity contribution < 1.29 is 57.5 Å². The molecule has 0 aromatic heterocycles. The lowest BCUT2D eigenvalue weighted by Crippen LogP contribution is -2.32. The molecule has 0 radical (unpaired) electrons. The first-order chi connectivity index (χ1) is 48.3. The first kappa shape index (κ1) is 82.0. The average molecular weight is 1350 g/mol. The summed E-state index contributed by atoms with van der Waals surface area (Å²) in [5, 5.41) is 0. The first-order valence-electron chi connectivity index (χ1n) is 34.3. The van der Waals surface area contributed by atoms with E-state index in [9.17, 15) is 57.5 Å². The topological polar surface area (TPSA) is 279 Å². The number of Topliss-reactive ketones (excluding diaryl/α,β-unsaturated/α-hetero) is 6. The van der Waals surface area contributed by atoms with Gasteiger partial charge in [0.15, 0.2) is 34.7 Å². The number of isocyanates is 6. The predicted molar refractivity (Wildman–Crippen MR) is 385 cm³/mol. The number of hydrogen-bond acceptors (Lipinski definition) is 18. The van der Waals surface area contributed by atoms with Crippen molar-refractivity contribution in [3.8, 4) is 0 Å². The Hall–Kier alpha value is -10.4. The molecule has 0 aliphatic heterocycles. The molecule has 0 N–H and O–H groups in total. The highest BCUT2D eigenvalue weighted by Crippen LogP contribution is 2.34. The normalized spacial score (nSPS) is 14.8. The second-order valence-electron chi connectivity index (χ2n) is 26.0. The maximum absolute atomic E-state index is 12.4. The minimum absolute atomic E-state index is 0.0123. The smallest absolute Gasteiger partial charge is 0.235 e. The molecule has 0 bridgehead atoms. The summed E-state index contributed by atoms with van der Waals surface area (Å²) < 4.78 is 0. The summed E-state index contributed by atoms with van der Waals surface area (Å²) in [4.78, 5) is 157. The van der Waals surface area contributed by atoms with Gasteiger partial charge in [-0.1, -0.05) is 282 Å². The molecule has 9 rings (SSSR count). The van der Waals surface area contributed by atoms with Crippen LogP contribution in [0.2, 0.25) is 0 Å². The molecule has 3 fully saturated rings. The van der Waals surface area contributed by atoms with Gasteiger partial charge in [0, 0.05) is 39.8 Å². The quantitative estimate of drug-likeness (QED) is 0.0278. The maximum atomic E-state index is 12.4. The van der Waals surface area contributed by atoms with Crippen LogP contribution in [0.3, 0.4) is 0 Å². The Balaban J connectivity index is 0.000000255. The summed E-state index contributed by atoms with van der Waals surface area (Å²) in [5.41, 5.74) is 3.33. The molecule has 0 spiro atoms. The number of carbonyl (C=O) groups is 6. The third-order valence-electron chi connectivity index (χ3n) is 17.9. The summed E-state index contributed by atoms with van der Waals surface area (Å²) >= 11 is 0. The van der Waals surface area contributed by atoms with Gasteiger partial charge in [-0.05, 0) is 73.5 Å². The molecular formula is C82H92N6O12. The van der Waals surface area contributed by atoms with Gasteiger partial charge in [0.05, 0.1) is 6.04 Å². The van der Waals surface area contributed by atoms with Crippen molar-refractivity contribution in [2.24, 2.45) is 65.0 Å². The molecule has 3 aliphatic rings. The van der Waals surface area contributed by atoms with Gasteiger partial charge >= 0.3 is 0 Å². The number of nitrogens with zero attached hydrogens (tertiary/aromatic N) is 6. The number of carbonyl (C=O) groups excluding carboxylic acids is 12. The van der Waals surface area contributed by atoms with Gasteiger partial charge in [-0.15, -0.1) is 0 Å². The van der Waals surface area contributed by atoms with Crippen molar-refractivity contribution in [2.45, 2.75) is 181 Å². The predicted octanol–water partition coefficient (Wildman–Crippen LogP) is 16.5. The van der Waals surface area contributed by atoms with Crippen LogP contribution in [0.15, 0.2) is 212 Å². The Kier molecular flexibility index (Phi) is 37.7. The van der Waals surface area contributed by atoms with Crippen LogP contribution in [0.25, 0.3) is 0 Å². The Labute approximate surface area is 587 Å². The van der Waals surface area contributed by atoms with Crippen molar-refractivity contribution in [1.82, 2.24) is 0 Å². The van der Waals surface area contributed by atoms with E-state index in [0.717, 1.165) is 83.5 Å². The third kappa shape index (κ3) is 27.5. The van der Waals surface area contributed by atoms with Crippen molar-refractivity contribution in [3.63, 3.8) is 0 Å². The summed E-state index contributed by atoms with van der Waals surface area (Å²) in [7, 11) is 0. The van der Waals surface area contributed by atoms with Gasteiger partial charge in [-0.3, -0.25) is 28.8 Å². The van der Waals surface area contributed by atoms with E-state index >= 15 is 0 Å². The minimum Gasteiger partial charge on any atom is -0.294 e. The molecule has 0 heterocycles. The van der Waals surface area contributed by atoms with E-state index in [1.54, 1.807) is 97.1 Å². The van der Waals surface area contributed by atoms with Crippen LogP contribution in [0.5, 0.6) is 0 Å². The van der Waals surface area contributed by atoms with Crippen molar-refractivity contribution in [1.29, 1.82) is 0 Å². The molecule has 3 saturated carbocycles. The number of aliphatic imine (C=N–C) groups is 6. The fourth-order valence-corrected chi connectivity index (χ4v) is 11.9. The van der Waals surface area contributed by atoms with E-state index < -0.39 is 30.2 Å². The van der Waals surface area contributed by atoms with E-state index in [1.807, 2.05) is 146 Å². The monoisotopic (exact) mass is 1350 g/mol. The molecule has 3 aliphatic carbocycles. The van der Waals surface area contributed by atoms with Gasteiger partial charge in [0.2, 0.25) is 36.5 Å². The van der Waals surface area contributed by atoms with Gasteiger partial charge in [-0.2, -0.15) is 25.0 Å². The standard InChI is InChI=1S/C15H17NO2.C14H15NO2.C14H17NO2.C13H13NO2.2C13H15NO2/c17-11-16-14(12-7-3-1-4-8-12)15(18)13-9-5-2-6-10-13;16-10-15-13(11-6-4-5-7-11)14(17)12-8-2-1-3-9-12;1-3-11(4-2)13(15-10-16)14(17)12-8-6-5-7-9-12;15-9-14-12(10-7-4-8-10)13(16)11-5-2-1-3-6-11;1-13(2,3)12(14-9-15)11(16)10-7-5-4-6-8-10;1-10(2)12(14-9-15)8-13(16)11-6-4-3-5-7-11/h2,5-6,9-10,12,14H,1,3-4,7-8H2;1-3,8-9,11,13H,4-7H2;5-9,11,13H,3-4H2,1-2H3;1-3,5-6,10,12H,4,7-8H2;4-8,12H,1-3H3;3-7,10,12H,8H2,1-2H3/t14-;2*13-;3*12-/m000011/s1. The second kappa shape index (κ2) is 46.0. The van der Waals surface area contributed by atoms with E-state index in [-0.39, 0.29) is 82.2 Å². The molecule has 0 saturated heterocycles. The van der Waals surface area contributed by atoms with Crippen molar-refractivity contribution >= 4 is 71.2 Å². The SMILES string of the molecule is CC(C)(C)[C@H](N=C=O)C(=O)c1ccccc1.CC(C)[C@@H](CC(=O)c1ccccc1)N=C=O.CCC(CC)[C@H](N=C=O)C(=O)c1ccccc1.O=C=N[C@H](C(=O)c1ccccc1)C1CCC1.O=C=N[C@H](C(=O)c1ccccc1)C1CCCC1.O=C=N[C@H](C(=O)c1ccccc1)C1CCCCC1. The Morgan fingerprint density at radius 1 is 0.360 bits per heavy atom. The Morgan fingerprint density at radius 3 is 0.910 bits per heavy atom. The fraction of sp³-hybridized carbons (Fsp3) is 0.415. The van der Waals surface area contributed by atoms with Crippen molar-refractivity contribution in [3.05, 3.63) is 215 Å². The lowest BCUT2D eigenvalue weighted by Gasteiger charge is -2.29. The maximum Gasteiger partial charge on any atom is 0.235 e. The summed E-state index contributed by atoms with van der Waals surface area (Å²) in [6.07, 6.45) is 23.8. The van der Waals surface area contributed by atoms with Gasteiger partial charge in [-0.25, -0.2) is 33.8 Å². The molecule has 18 heteroatoms. The fourth-order valence-electron chi connectivity index (χ4n) is 11.9. The van der Waals surface area contributed by atoms with Crippen LogP contribution in [0, 0.1) is 35.0 Å². The van der Waals surface area contributed by atoms with Crippen LogP contribution in [-0.4, -0.2) is 107 Å². The summed E-state index contributed by atoms with van der Waals surface area (Å²) in [6.45, 7) is 13.5. The van der Waals surface area contributed by atoms with Gasteiger partial charge in [0.25, 0.3) is 0 Å². The van der Waals surface area contributed by atoms with Crippen molar-refractivity contribution in [2.75, 3.05) is 0 Å². The molecule has 6 aromatic carbocycles. The summed E-state index contributed by atoms with van der Waals surface area (Å²) in [5.74, 6) is 0.516. The first-order valence-corrected chi connectivity index (χ1v) is 34.3. The lowest BCUT2D eigenvalue weighted by molar-refractivity contribution is 0.0893. The minimum atomic E-state index is -0.674. The van der Waals surface area contributed by atoms with E-state index in [0.29, 0.717) is 33.4 Å². The molecule has 522 valence electrons. The van der Waals surface area contributed by atoms with Crippen LogP contribution in [-0.2, 0) is 28.8 Å². The molecule has 18 nitrogen and oxygen atoms in total. The van der Waals surface area contributed by atoms with E-state index in [4.69, 9.17) is 0 Å². The number of hydrogen-bond donors (Lipinski definition) is 0. The van der Waals surface area contributed by atoms with Crippen LogP contribution in [0.1, 0.15) is 207 Å². The number of benzene rings is 6. The zero-order valence-electron chi connectivity index (χ0n) is 58.4. The zero-order valence-corrected chi connectivity index (χ0v) is 58.4. The molecule has 6 atom stereocenters. The largest absolute Gasteiger partial charge is 0.294 e. The lowest BCUT2D eigenvalue weighted by atomic mass is 9.77. The zero-order chi connectivity index (χ0) is 73.1. The van der Waals surface area contributed by atoms with Crippen LogP contribution in [0.4, 0.5) is 0 Å². The average Bonchev–Trinajstić information content (AvgIpc) is 1.00. The van der Waals surface area contributed by atoms with Crippen LogP contribution >= 0.6 is 0 Å². The number of rotatable bonds is 26. The Morgan fingerprint density at radius 2 is 0.640 bits per heavy atom. The highest BCUT2D eigenvalue weighted by Gasteiger charge is 2.35. The molecule has 6 aromatic rings. The van der Waals surface area contributed by atoms with E-state index in [1.165, 1.54) is 30.7 Å². The Bertz CT molecular complexity index is 3720.